The van der Waals surface area contributed by atoms with Crippen molar-refractivity contribution < 1.29 is 13.6 Å². The summed E-state index contributed by atoms with van der Waals surface area (Å²) in [5, 5.41) is 7.25. The van der Waals surface area contributed by atoms with E-state index in [-0.39, 0.29) is 10.9 Å². The van der Waals surface area contributed by atoms with Gasteiger partial charge in [-0.25, -0.2) is 4.79 Å². The molecule has 10 heteroatoms. The Morgan fingerprint density at radius 3 is 2.41 bits per heavy atom. The second-order valence-corrected chi connectivity index (χ2v) is 9.45. The van der Waals surface area contributed by atoms with Crippen LogP contribution in [0.3, 0.4) is 0 Å². The number of nitrogens with one attached hydrogen (secondary N) is 2. The minimum atomic E-state index is -0.557. The lowest BCUT2D eigenvalue weighted by atomic mass is 10.1. The number of hydrogen-bond donors (Lipinski definition) is 2. The van der Waals surface area contributed by atoms with Gasteiger partial charge in [0.1, 0.15) is 11.3 Å². The maximum absolute atomic E-state index is 12.6. The van der Waals surface area contributed by atoms with Crippen LogP contribution in [0, 0.1) is 0 Å². The summed E-state index contributed by atoms with van der Waals surface area (Å²) >= 11 is 24.0. The molecule has 0 aliphatic rings. The number of rotatable bonds is 4. The van der Waals surface area contributed by atoms with Crippen molar-refractivity contribution in [3.05, 3.63) is 110 Å². The minimum Gasteiger partial charge on any atom is -0.451 e. The fraction of sp³-hybridized carbons (Fsp3) is 0. The maximum Gasteiger partial charge on any atom is 0.344 e. The van der Waals surface area contributed by atoms with Crippen LogP contribution >= 0.6 is 47.0 Å². The fourth-order valence-corrected chi connectivity index (χ4v) is 4.57. The first-order chi connectivity index (χ1) is 17.8. The molecule has 0 saturated heterocycles. The van der Waals surface area contributed by atoms with E-state index in [1.807, 2.05) is 12.1 Å². The zero-order valence-corrected chi connectivity index (χ0v) is 21.8. The van der Waals surface area contributed by atoms with Crippen LogP contribution in [0.15, 0.2) is 92.5 Å². The van der Waals surface area contributed by atoms with Crippen molar-refractivity contribution in [3.63, 3.8) is 0 Å². The Kier molecular flexibility index (Phi) is 7.04. The number of carbonyl (C=O) groups excluding carboxylic acids is 1. The van der Waals surface area contributed by atoms with Gasteiger partial charge in [0.2, 0.25) is 0 Å². The Labute approximate surface area is 230 Å². The van der Waals surface area contributed by atoms with E-state index in [4.69, 9.17) is 55.9 Å². The molecule has 2 heterocycles. The Balaban J connectivity index is 1.29. The molecule has 0 bridgehead atoms. The number of halogens is 3. The Morgan fingerprint density at radius 2 is 1.59 bits per heavy atom. The third kappa shape index (κ3) is 5.26. The first-order valence-electron chi connectivity index (χ1n) is 10.8. The zero-order chi connectivity index (χ0) is 26.1. The molecule has 0 aliphatic heterocycles. The van der Waals surface area contributed by atoms with Crippen molar-refractivity contribution in [1.29, 1.82) is 0 Å². The third-order valence-corrected chi connectivity index (χ3v) is 6.77. The summed E-state index contributed by atoms with van der Waals surface area (Å²) in [6, 6.07) is 22.1. The normalized spacial score (nSPS) is 10.9. The predicted octanol–water partition coefficient (Wildman–Crippen LogP) is 7.81. The van der Waals surface area contributed by atoms with Crippen molar-refractivity contribution in [1.82, 2.24) is 5.32 Å². The smallest absolute Gasteiger partial charge is 0.344 e. The van der Waals surface area contributed by atoms with Crippen LogP contribution in [0.1, 0.15) is 10.6 Å². The van der Waals surface area contributed by atoms with Gasteiger partial charge in [-0.2, -0.15) is 0 Å². The van der Waals surface area contributed by atoms with Gasteiger partial charge in [-0.3, -0.25) is 10.1 Å². The second kappa shape index (κ2) is 10.4. The van der Waals surface area contributed by atoms with Crippen LogP contribution in [-0.2, 0) is 0 Å². The lowest BCUT2D eigenvalue weighted by Crippen LogP contribution is -2.33. The van der Waals surface area contributed by atoms with Gasteiger partial charge in [0, 0.05) is 22.2 Å². The molecule has 0 unspecified atom stereocenters. The average molecular weight is 570 g/mol. The summed E-state index contributed by atoms with van der Waals surface area (Å²) in [7, 11) is 0. The number of para-hydroxylation sites is 1. The second-order valence-electron chi connectivity index (χ2n) is 7.85. The highest BCUT2D eigenvalue weighted by Crippen LogP contribution is 2.34. The van der Waals surface area contributed by atoms with Crippen molar-refractivity contribution in [3.8, 4) is 22.5 Å². The Morgan fingerprint density at radius 1 is 0.784 bits per heavy atom. The summed E-state index contributed by atoms with van der Waals surface area (Å²) in [6.07, 6.45) is 0. The van der Waals surface area contributed by atoms with Gasteiger partial charge in [-0.05, 0) is 60.7 Å². The van der Waals surface area contributed by atoms with Gasteiger partial charge in [-0.1, -0.05) is 65.1 Å². The molecular weight excluding hydrogens is 555 g/mol. The van der Waals surface area contributed by atoms with E-state index >= 15 is 0 Å². The van der Waals surface area contributed by atoms with Crippen LogP contribution in [0.5, 0.6) is 0 Å². The molecule has 5 aromatic rings. The molecule has 2 aromatic heterocycles. The van der Waals surface area contributed by atoms with E-state index in [9.17, 15) is 9.59 Å². The molecule has 5 rings (SSSR count). The number of carbonyl (C=O) groups is 1. The number of furan rings is 1. The lowest BCUT2D eigenvalue weighted by Gasteiger charge is -2.11. The molecule has 0 radical (unpaired) electrons. The minimum absolute atomic E-state index is 0.0257. The summed E-state index contributed by atoms with van der Waals surface area (Å²) in [6.45, 7) is 0. The van der Waals surface area contributed by atoms with E-state index in [1.54, 1.807) is 60.7 Å². The summed E-state index contributed by atoms with van der Waals surface area (Å²) < 4.78 is 11.0. The largest absolute Gasteiger partial charge is 0.451 e. The molecule has 0 spiro atoms. The third-order valence-electron chi connectivity index (χ3n) is 5.43. The molecule has 2 N–H and O–H groups in total. The highest BCUT2D eigenvalue weighted by Gasteiger charge is 2.17. The summed E-state index contributed by atoms with van der Waals surface area (Å²) in [5.74, 6) is -0.137. The molecule has 1 amide bonds. The Bertz CT molecular complexity index is 1750. The van der Waals surface area contributed by atoms with Crippen molar-refractivity contribution in [2.24, 2.45) is 0 Å². The van der Waals surface area contributed by atoms with Crippen LogP contribution in [0.25, 0.3) is 33.4 Å². The highest BCUT2D eigenvalue weighted by molar-refractivity contribution is 7.80. The van der Waals surface area contributed by atoms with Crippen LogP contribution < -0.4 is 16.3 Å². The van der Waals surface area contributed by atoms with Crippen molar-refractivity contribution in [2.75, 3.05) is 5.32 Å². The SMILES string of the molecule is O=C(NC(=S)Nc1ccc(-c2cc3ccccc3oc2=O)c(Cl)c1)c1ccc(-c2cccc(Cl)c2Cl)o1. The standard InChI is InChI=1S/C27H15Cl3N2O4S/c28-19-6-3-5-17(24(19)30)22-10-11-23(35-22)25(33)32-27(37)31-15-8-9-16(20(29)13-15)18-12-14-4-1-2-7-21(14)36-26(18)34/h1-13H,(H2,31,32,33,37). The van der Waals surface area contributed by atoms with Crippen LogP contribution in [0.2, 0.25) is 15.1 Å². The van der Waals surface area contributed by atoms with Crippen LogP contribution in [-0.4, -0.2) is 11.0 Å². The van der Waals surface area contributed by atoms with Gasteiger partial charge in [0.15, 0.2) is 10.9 Å². The lowest BCUT2D eigenvalue weighted by molar-refractivity contribution is 0.0951. The van der Waals surface area contributed by atoms with E-state index < -0.39 is 11.5 Å². The fourth-order valence-electron chi connectivity index (χ4n) is 3.69. The maximum atomic E-state index is 12.6. The highest BCUT2D eigenvalue weighted by atomic mass is 35.5. The van der Waals surface area contributed by atoms with Gasteiger partial charge in [0.25, 0.3) is 5.91 Å². The number of amides is 1. The van der Waals surface area contributed by atoms with E-state index in [2.05, 4.69) is 10.6 Å². The molecule has 37 heavy (non-hydrogen) atoms. The molecule has 0 aliphatic carbocycles. The number of fused-ring (bicyclic) bond motifs is 1. The van der Waals surface area contributed by atoms with Gasteiger partial charge < -0.3 is 14.2 Å². The van der Waals surface area contributed by atoms with E-state index in [0.29, 0.717) is 48.8 Å². The first-order valence-corrected chi connectivity index (χ1v) is 12.3. The molecule has 0 fully saturated rings. The summed E-state index contributed by atoms with van der Waals surface area (Å²) in [5.41, 5.74) is 1.90. The number of anilines is 1. The van der Waals surface area contributed by atoms with Crippen LogP contribution in [0.4, 0.5) is 5.69 Å². The Hall–Kier alpha value is -3.62. The van der Waals surface area contributed by atoms with Gasteiger partial charge in [0.05, 0.1) is 20.6 Å². The van der Waals surface area contributed by atoms with Gasteiger partial charge in [-0.15, -0.1) is 0 Å². The predicted molar refractivity (Wildman–Crippen MR) is 151 cm³/mol. The molecule has 0 atom stereocenters. The number of thiocarbonyl (C=S) groups is 1. The summed E-state index contributed by atoms with van der Waals surface area (Å²) in [4.78, 5) is 25.1. The topological polar surface area (TPSA) is 84.5 Å². The van der Waals surface area contributed by atoms with E-state index in [0.717, 1.165) is 5.39 Å². The zero-order valence-electron chi connectivity index (χ0n) is 18.7. The molecular formula is C27H15Cl3N2O4S. The number of benzene rings is 3. The average Bonchev–Trinajstić information content (AvgIpc) is 3.36. The molecule has 3 aromatic carbocycles. The monoisotopic (exact) mass is 568 g/mol. The van der Waals surface area contributed by atoms with E-state index in [1.165, 1.54) is 6.07 Å². The molecule has 0 saturated carbocycles. The van der Waals surface area contributed by atoms with Crippen molar-refractivity contribution in [2.45, 2.75) is 0 Å². The van der Waals surface area contributed by atoms with Crippen molar-refractivity contribution >= 4 is 74.7 Å². The number of hydrogen-bond acceptors (Lipinski definition) is 5. The van der Waals surface area contributed by atoms with Gasteiger partial charge >= 0.3 is 5.63 Å². The quantitative estimate of drug-likeness (QED) is 0.170. The molecule has 6 nitrogen and oxygen atoms in total. The molecule has 184 valence electrons. The first kappa shape index (κ1) is 25.0.